The van der Waals surface area contributed by atoms with Crippen molar-refractivity contribution in [3.8, 4) is 0 Å². The molecule has 1 aromatic rings. The molecule has 0 bridgehead atoms. The van der Waals surface area contributed by atoms with Crippen LogP contribution in [0.4, 0.5) is 5.69 Å². The predicted molar refractivity (Wildman–Crippen MR) is 81.0 cm³/mol. The number of primary sulfonamides is 1. The lowest BCUT2D eigenvalue weighted by atomic mass is 9.83. The standard InChI is InChI=1S/C14H21N3O3S/c15-13-4-2-1-3-10(13)9-14(18)17-11-5-7-12(8-6-11)21(16,19)20/h5-8,10,13H,1-4,9,15H2,(H,17,18)(H2,16,19,20). The van der Waals surface area contributed by atoms with Crippen LogP contribution in [0.3, 0.4) is 0 Å². The van der Waals surface area contributed by atoms with Crippen LogP contribution in [0.5, 0.6) is 0 Å². The van der Waals surface area contributed by atoms with Crippen LogP contribution in [-0.4, -0.2) is 20.4 Å². The van der Waals surface area contributed by atoms with E-state index in [1.54, 1.807) is 0 Å². The van der Waals surface area contributed by atoms with Gasteiger partial charge in [0.05, 0.1) is 4.90 Å². The third-order valence-corrected chi connectivity index (χ3v) is 4.81. The zero-order valence-electron chi connectivity index (χ0n) is 11.8. The number of sulfonamides is 1. The summed E-state index contributed by atoms with van der Waals surface area (Å²) in [5, 5.41) is 7.78. The van der Waals surface area contributed by atoms with E-state index in [0.717, 1.165) is 25.7 Å². The molecule has 1 fully saturated rings. The van der Waals surface area contributed by atoms with Crippen molar-refractivity contribution < 1.29 is 13.2 Å². The van der Waals surface area contributed by atoms with Crippen molar-refractivity contribution in [1.29, 1.82) is 0 Å². The van der Waals surface area contributed by atoms with Gasteiger partial charge in [0.1, 0.15) is 0 Å². The molecular weight excluding hydrogens is 290 g/mol. The smallest absolute Gasteiger partial charge is 0.238 e. The summed E-state index contributed by atoms with van der Waals surface area (Å²) < 4.78 is 22.3. The van der Waals surface area contributed by atoms with E-state index in [1.807, 2.05) is 0 Å². The molecule has 1 aliphatic carbocycles. The Balaban J connectivity index is 1.93. The van der Waals surface area contributed by atoms with E-state index in [9.17, 15) is 13.2 Å². The zero-order valence-corrected chi connectivity index (χ0v) is 12.6. The highest BCUT2D eigenvalue weighted by Crippen LogP contribution is 2.26. The quantitative estimate of drug-likeness (QED) is 0.774. The first kappa shape index (κ1) is 15.9. The molecule has 0 aromatic heterocycles. The van der Waals surface area contributed by atoms with Crippen LogP contribution in [0, 0.1) is 5.92 Å². The Kier molecular flexibility index (Phi) is 4.97. The summed E-state index contributed by atoms with van der Waals surface area (Å²) in [6.07, 6.45) is 4.61. The van der Waals surface area contributed by atoms with Gasteiger partial charge in [-0.2, -0.15) is 0 Å². The fraction of sp³-hybridized carbons (Fsp3) is 0.500. The Hall–Kier alpha value is -1.44. The van der Waals surface area contributed by atoms with Gasteiger partial charge >= 0.3 is 0 Å². The summed E-state index contributed by atoms with van der Waals surface area (Å²) in [6.45, 7) is 0. The number of amides is 1. The summed E-state index contributed by atoms with van der Waals surface area (Å²) in [7, 11) is -3.71. The number of carbonyl (C=O) groups is 1. The number of anilines is 1. The number of nitrogens with two attached hydrogens (primary N) is 2. The summed E-state index contributed by atoms with van der Waals surface area (Å²) in [4.78, 5) is 12.0. The molecule has 0 aliphatic heterocycles. The lowest BCUT2D eigenvalue weighted by Crippen LogP contribution is -2.35. The number of hydrogen-bond donors (Lipinski definition) is 3. The molecule has 2 unspecified atom stereocenters. The van der Waals surface area contributed by atoms with Gasteiger partial charge in [0.15, 0.2) is 0 Å². The SMILES string of the molecule is NC1CCCCC1CC(=O)Nc1ccc(S(N)(=O)=O)cc1. The molecule has 0 spiro atoms. The first-order valence-corrected chi connectivity index (χ1v) is 8.59. The highest BCUT2D eigenvalue weighted by Gasteiger charge is 2.24. The minimum atomic E-state index is -3.71. The van der Waals surface area contributed by atoms with Gasteiger partial charge in [-0.25, -0.2) is 13.6 Å². The maximum atomic E-state index is 12.0. The van der Waals surface area contributed by atoms with E-state index in [2.05, 4.69) is 5.32 Å². The summed E-state index contributed by atoms with van der Waals surface area (Å²) in [5.41, 5.74) is 6.58. The Labute approximate surface area is 124 Å². The zero-order chi connectivity index (χ0) is 15.5. The van der Waals surface area contributed by atoms with Crippen LogP contribution in [0.2, 0.25) is 0 Å². The van der Waals surface area contributed by atoms with Gasteiger partial charge in [0.2, 0.25) is 15.9 Å². The van der Waals surface area contributed by atoms with Crippen molar-refractivity contribution in [3.63, 3.8) is 0 Å². The van der Waals surface area contributed by atoms with Crippen LogP contribution >= 0.6 is 0 Å². The number of benzene rings is 1. The second-order valence-corrected chi connectivity index (χ2v) is 7.09. The van der Waals surface area contributed by atoms with Gasteiger partial charge in [0.25, 0.3) is 0 Å². The highest BCUT2D eigenvalue weighted by molar-refractivity contribution is 7.89. The monoisotopic (exact) mass is 311 g/mol. The maximum Gasteiger partial charge on any atom is 0.238 e. The molecule has 1 aromatic carbocycles. The largest absolute Gasteiger partial charge is 0.327 e. The number of rotatable bonds is 4. The molecule has 0 heterocycles. The van der Waals surface area contributed by atoms with E-state index in [4.69, 9.17) is 10.9 Å². The van der Waals surface area contributed by atoms with E-state index in [1.165, 1.54) is 24.3 Å². The molecule has 2 atom stereocenters. The van der Waals surface area contributed by atoms with E-state index in [0.29, 0.717) is 12.1 Å². The van der Waals surface area contributed by atoms with Crippen LogP contribution in [0.15, 0.2) is 29.2 Å². The van der Waals surface area contributed by atoms with E-state index < -0.39 is 10.0 Å². The minimum Gasteiger partial charge on any atom is -0.327 e. The van der Waals surface area contributed by atoms with Gasteiger partial charge in [-0.3, -0.25) is 4.79 Å². The van der Waals surface area contributed by atoms with Crippen LogP contribution in [0.1, 0.15) is 32.1 Å². The van der Waals surface area contributed by atoms with Gasteiger partial charge in [-0.1, -0.05) is 12.8 Å². The fourth-order valence-corrected chi connectivity index (χ4v) is 3.18. The first-order valence-electron chi connectivity index (χ1n) is 7.04. The average Bonchev–Trinajstić information content (AvgIpc) is 2.41. The summed E-state index contributed by atoms with van der Waals surface area (Å²) in [6, 6.07) is 5.89. The molecule has 5 N–H and O–H groups in total. The number of carbonyl (C=O) groups excluding carboxylic acids is 1. The molecule has 7 heteroatoms. The Bertz CT molecular complexity index is 598. The van der Waals surface area contributed by atoms with Crippen molar-refractivity contribution in [2.75, 3.05) is 5.32 Å². The highest BCUT2D eigenvalue weighted by atomic mass is 32.2. The Morgan fingerprint density at radius 1 is 1.19 bits per heavy atom. The molecule has 116 valence electrons. The van der Waals surface area contributed by atoms with Crippen molar-refractivity contribution in [2.45, 2.75) is 43.0 Å². The van der Waals surface area contributed by atoms with Crippen LogP contribution in [-0.2, 0) is 14.8 Å². The van der Waals surface area contributed by atoms with Gasteiger partial charge in [-0.15, -0.1) is 0 Å². The number of hydrogen-bond acceptors (Lipinski definition) is 4. The molecule has 6 nitrogen and oxygen atoms in total. The van der Waals surface area contributed by atoms with Crippen LogP contribution in [0.25, 0.3) is 0 Å². The van der Waals surface area contributed by atoms with Gasteiger partial charge < -0.3 is 11.1 Å². The van der Waals surface area contributed by atoms with Crippen molar-refractivity contribution in [3.05, 3.63) is 24.3 Å². The van der Waals surface area contributed by atoms with Gasteiger partial charge in [0, 0.05) is 18.2 Å². The van der Waals surface area contributed by atoms with E-state index in [-0.39, 0.29) is 22.8 Å². The molecule has 1 aliphatic rings. The molecule has 21 heavy (non-hydrogen) atoms. The lowest BCUT2D eigenvalue weighted by Gasteiger charge is -2.27. The first-order chi connectivity index (χ1) is 9.86. The predicted octanol–water partition coefficient (Wildman–Crippen LogP) is 1.18. The lowest BCUT2D eigenvalue weighted by molar-refractivity contribution is -0.117. The molecule has 1 amide bonds. The van der Waals surface area contributed by atoms with Gasteiger partial charge in [-0.05, 0) is 43.0 Å². The van der Waals surface area contributed by atoms with Crippen molar-refractivity contribution in [1.82, 2.24) is 0 Å². The van der Waals surface area contributed by atoms with Crippen LogP contribution < -0.4 is 16.2 Å². The Morgan fingerprint density at radius 2 is 1.81 bits per heavy atom. The minimum absolute atomic E-state index is 0.0230. The average molecular weight is 311 g/mol. The number of nitrogens with one attached hydrogen (secondary N) is 1. The normalized spacial score (nSPS) is 22.8. The third-order valence-electron chi connectivity index (χ3n) is 3.88. The Morgan fingerprint density at radius 3 is 2.38 bits per heavy atom. The van der Waals surface area contributed by atoms with E-state index >= 15 is 0 Å². The second-order valence-electron chi connectivity index (χ2n) is 5.53. The molecule has 0 saturated heterocycles. The fourth-order valence-electron chi connectivity index (χ4n) is 2.67. The van der Waals surface area contributed by atoms with Crippen molar-refractivity contribution in [2.24, 2.45) is 16.8 Å². The van der Waals surface area contributed by atoms with Crippen molar-refractivity contribution >= 4 is 21.6 Å². The molecule has 2 rings (SSSR count). The maximum absolute atomic E-state index is 12.0. The summed E-state index contributed by atoms with van der Waals surface area (Å²) in [5.74, 6) is 0.128. The summed E-state index contributed by atoms with van der Waals surface area (Å²) >= 11 is 0. The molecule has 0 radical (unpaired) electrons. The third kappa shape index (κ3) is 4.52. The topological polar surface area (TPSA) is 115 Å². The molecular formula is C14H21N3O3S. The second kappa shape index (κ2) is 6.55. The molecule has 1 saturated carbocycles.